The Balaban J connectivity index is 1.86. The van der Waals surface area contributed by atoms with E-state index < -0.39 is 18.4 Å². The molecular weight excluding hydrogens is 308 g/mol. The van der Waals surface area contributed by atoms with Gasteiger partial charge in [0.2, 0.25) is 0 Å². The van der Waals surface area contributed by atoms with Crippen LogP contribution in [0.2, 0.25) is 0 Å². The topological polar surface area (TPSA) is 80.3 Å². The highest BCUT2D eigenvalue weighted by molar-refractivity contribution is 6.40. The molecule has 0 spiro atoms. The zero-order valence-electron chi connectivity index (χ0n) is 11.9. The van der Waals surface area contributed by atoms with Crippen molar-refractivity contribution < 1.29 is 23.1 Å². The van der Waals surface area contributed by atoms with E-state index in [-0.39, 0.29) is 17.3 Å². The van der Waals surface area contributed by atoms with E-state index in [1.54, 1.807) is 12.1 Å². The number of fused-ring (bicyclic) bond motifs is 1. The third kappa shape index (κ3) is 3.53. The first kappa shape index (κ1) is 15.1. The van der Waals surface area contributed by atoms with Crippen LogP contribution in [0.1, 0.15) is 12.8 Å². The van der Waals surface area contributed by atoms with Crippen molar-refractivity contribution in [3.63, 3.8) is 0 Å². The highest BCUT2D eigenvalue weighted by atomic mass is 19.3. The minimum absolute atomic E-state index is 0.0634. The standard InChI is InChI=1S/C15H13F2N3O3/c16-15(17)23-11-6-5-10(9-2-1-7-18-12(9)11)20-14(22)13(21)19-8-3-4-8/h1-2,5-8,15H,3-4H2,(H,19,21)(H,20,22). The molecule has 1 aliphatic rings. The third-order valence-electron chi connectivity index (χ3n) is 3.32. The number of alkyl halides is 2. The summed E-state index contributed by atoms with van der Waals surface area (Å²) in [5, 5.41) is 5.43. The number of carbonyl (C=O) groups is 2. The molecule has 0 saturated heterocycles. The fraction of sp³-hybridized carbons (Fsp3) is 0.267. The van der Waals surface area contributed by atoms with Crippen LogP contribution in [0, 0.1) is 0 Å². The summed E-state index contributed by atoms with van der Waals surface area (Å²) in [6.07, 6.45) is 3.16. The van der Waals surface area contributed by atoms with Gasteiger partial charge in [0, 0.05) is 17.6 Å². The van der Waals surface area contributed by atoms with Gasteiger partial charge in [-0.1, -0.05) is 0 Å². The molecule has 3 rings (SSSR count). The van der Waals surface area contributed by atoms with Crippen molar-refractivity contribution in [2.45, 2.75) is 25.5 Å². The Morgan fingerprint density at radius 2 is 2.00 bits per heavy atom. The zero-order chi connectivity index (χ0) is 16.4. The molecule has 0 bridgehead atoms. The molecule has 0 unspecified atom stereocenters. The van der Waals surface area contributed by atoms with Gasteiger partial charge in [0.05, 0.1) is 5.69 Å². The lowest BCUT2D eigenvalue weighted by Crippen LogP contribution is -2.36. The second-order valence-corrected chi connectivity index (χ2v) is 5.09. The quantitative estimate of drug-likeness (QED) is 0.845. The van der Waals surface area contributed by atoms with Crippen LogP contribution in [0.4, 0.5) is 14.5 Å². The first-order chi connectivity index (χ1) is 11.0. The minimum atomic E-state index is -2.98. The molecule has 120 valence electrons. The van der Waals surface area contributed by atoms with Gasteiger partial charge in [-0.05, 0) is 37.1 Å². The molecule has 2 N–H and O–H groups in total. The molecule has 23 heavy (non-hydrogen) atoms. The van der Waals surface area contributed by atoms with E-state index >= 15 is 0 Å². The molecule has 0 radical (unpaired) electrons. The number of nitrogens with one attached hydrogen (secondary N) is 2. The van der Waals surface area contributed by atoms with Crippen LogP contribution >= 0.6 is 0 Å². The number of ether oxygens (including phenoxy) is 1. The summed E-state index contributed by atoms with van der Waals surface area (Å²) in [5.74, 6) is -1.64. The van der Waals surface area contributed by atoms with Gasteiger partial charge < -0.3 is 15.4 Å². The molecule has 1 aromatic carbocycles. The Kier molecular flexibility index (Phi) is 4.05. The fourth-order valence-corrected chi connectivity index (χ4v) is 2.10. The Labute approximate surface area is 129 Å². The van der Waals surface area contributed by atoms with E-state index in [0.29, 0.717) is 11.1 Å². The smallest absolute Gasteiger partial charge is 0.387 e. The molecule has 2 aromatic rings. The van der Waals surface area contributed by atoms with Gasteiger partial charge in [0.25, 0.3) is 0 Å². The number of aromatic nitrogens is 1. The second-order valence-electron chi connectivity index (χ2n) is 5.09. The van der Waals surface area contributed by atoms with Crippen molar-refractivity contribution in [2.24, 2.45) is 0 Å². The summed E-state index contributed by atoms with van der Waals surface area (Å²) in [4.78, 5) is 27.6. The Morgan fingerprint density at radius 3 is 2.70 bits per heavy atom. The van der Waals surface area contributed by atoms with Gasteiger partial charge in [-0.15, -0.1) is 0 Å². The maximum atomic E-state index is 12.4. The van der Waals surface area contributed by atoms with Crippen molar-refractivity contribution in [3.05, 3.63) is 30.5 Å². The minimum Gasteiger partial charge on any atom is -0.432 e. The van der Waals surface area contributed by atoms with E-state index in [1.807, 2.05) is 0 Å². The molecule has 2 amide bonds. The molecule has 1 aliphatic carbocycles. The van der Waals surface area contributed by atoms with Crippen molar-refractivity contribution >= 4 is 28.4 Å². The number of pyridine rings is 1. The summed E-state index contributed by atoms with van der Waals surface area (Å²) in [5.41, 5.74) is 0.471. The first-order valence-corrected chi connectivity index (χ1v) is 6.99. The van der Waals surface area contributed by atoms with Crippen molar-refractivity contribution in [2.75, 3.05) is 5.32 Å². The van der Waals surface area contributed by atoms with E-state index in [9.17, 15) is 18.4 Å². The van der Waals surface area contributed by atoms with Crippen LogP contribution in [0.25, 0.3) is 10.9 Å². The lowest BCUT2D eigenvalue weighted by Gasteiger charge is -2.12. The van der Waals surface area contributed by atoms with E-state index in [2.05, 4.69) is 20.4 Å². The number of benzene rings is 1. The summed E-state index contributed by atoms with van der Waals surface area (Å²) in [6.45, 7) is -2.98. The predicted molar refractivity (Wildman–Crippen MR) is 78.2 cm³/mol. The summed E-state index contributed by atoms with van der Waals surface area (Å²) >= 11 is 0. The van der Waals surface area contributed by atoms with Crippen molar-refractivity contribution in [1.82, 2.24) is 10.3 Å². The molecule has 1 aromatic heterocycles. The van der Waals surface area contributed by atoms with Crippen LogP contribution in [0.3, 0.4) is 0 Å². The molecule has 8 heteroatoms. The van der Waals surface area contributed by atoms with Gasteiger partial charge in [0.15, 0.2) is 5.75 Å². The maximum Gasteiger partial charge on any atom is 0.387 e. The number of amides is 2. The van der Waals surface area contributed by atoms with Crippen LogP contribution in [-0.2, 0) is 9.59 Å². The highest BCUT2D eigenvalue weighted by Crippen LogP contribution is 2.31. The SMILES string of the molecule is O=C(Nc1ccc(OC(F)F)c2ncccc12)C(=O)NC1CC1. The van der Waals surface area contributed by atoms with Gasteiger partial charge in [0.1, 0.15) is 5.52 Å². The monoisotopic (exact) mass is 321 g/mol. The third-order valence-corrected chi connectivity index (χ3v) is 3.32. The number of nitrogens with zero attached hydrogens (tertiary/aromatic N) is 1. The second kappa shape index (κ2) is 6.15. The summed E-state index contributed by atoms with van der Waals surface area (Å²) < 4.78 is 29.2. The van der Waals surface area contributed by atoms with Crippen LogP contribution in [0.5, 0.6) is 5.75 Å². The average molecular weight is 321 g/mol. The Hall–Kier alpha value is -2.77. The van der Waals surface area contributed by atoms with Crippen LogP contribution < -0.4 is 15.4 Å². The molecule has 0 aliphatic heterocycles. The summed E-state index contributed by atoms with van der Waals surface area (Å²) in [7, 11) is 0. The van der Waals surface area contributed by atoms with Crippen molar-refractivity contribution in [3.8, 4) is 5.75 Å². The zero-order valence-corrected chi connectivity index (χ0v) is 11.9. The van der Waals surface area contributed by atoms with Gasteiger partial charge in [-0.3, -0.25) is 14.6 Å². The van der Waals surface area contributed by atoms with Crippen LogP contribution in [0.15, 0.2) is 30.5 Å². The van der Waals surface area contributed by atoms with Gasteiger partial charge in [-0.25, -0.2) is 0 Å². The fourth-order valence-electron chi connectivity index (χ4n) is 2.10. The molecule has 1 heterocycles. The van der Waals surface area contributed by atoms with E-state index in [4.69, 9.17) is 0 Å². The lowest BCUT2D eigenvalue weighted by molar-refractivity contribution is -0.136. The van der Waals surface area contributed by atoms with E-state index in [0.717, 1.165) is 12.8 Å². The maximum absolute atomic E-state index is 12.4. The normalized spacial score (nSPS) is 13.9. The molecule has 0 atom stereocenters. The number of rotatable bonds is 4. The van der Waals surface area contributed by atoms with Gasteiger partial charge >= 0.3 is 18.4 Å². The first-order valence-electron chi connectivity index (χ1n) is 6.99. The summed E-state index contributed by atoms with van der Waals surface area (Å²) in [6, 6.07) is 5.91. The van der Waals surface area contributed by atoms with Crippen LogP contribution in [-0.4, -0.2) is 29.5 Å². The predicted octanol–water partition coefficient (Wildman–Crippen LogP) is 2.05. The average Bonchev–Trinajstić information content (AvgIpc) is 3.33. The Morgan fingerprint density at radius 1 is 1.22 bits per heavy atom. The van der Waals surface area contributed by atoms with E-state index in [1.165, 1.54) is 18.3 Å². The largest absolute Gasteiger partial charge is 0.432 e. The molecule has 1 saturated carbocycles. The number of carbonyl (C=O) groups excluding carboxylic acids is 2. The number of anilines is 1. The number of hydrogen-bond donors (Lipinski definition) is 2. The molecular formula is C15H13F2N3O3. The van der Waals surface area contributed by atoms with Crippen molar-refractivity contribution in [1.29, 1.82) is 0 Å². The Bertz CT molecular complexity index is 763. The van der Waals surface area contributed by atoms with Gasteiger partial charge in [-0.2, -0.15) is 8.78 Å². The molecule has 1 fully saturated rings. The molecule has 6 nitrogen and oxygen atoms in total. The highest BCUT2D eigenvalue weighted by Gasteiger charge is 2.26. The number of hydrogen-bond acceptors (Lipinski definition) is 4. The number of halogens is 2. The lowest BCUT2D eigenvalue weighted by atomic mass is 10.1.